The molecule has 0 spiro atoms. The molecule has 2 N–H and O–H groups in total. The van der Waals surface area contributed by atoms with Crippen molar-refractivity contribution in [2.24, 2.45) is 0 Å². The largest absolute Gasteiger partial charge is 0.503 e. The van der Waals surface area contributed by atoms with Crippen molar-refractivity contribution < 1.29 is 37.3 Å². The number of carbonyl (C=O) groups excluding carboxylic acids is 1. The van der Waals surface area contributed by atoms with Crippen molar-refractivity contribution in [2.45, 2.75) is 12.7 Å². The van der Waals surface area contributed by atoms with Gasteiger partial charge in [0.05, 0.1) is 33.4 Å². The predicted molar refractivity (Wildman–Crippen MR) is 142 cm³/mol. The van der Waals surface area contributed by atoms with Crippen LogP contribution in [0, 0.1) is 0 Å². The zero-order valence-electron chi connectivity index (χ0n) is 21.7. The highest BCUT2D eigenvalue weighted by atomic mass is 19.4. The van der Waals surface area contributed by atoms with Crippen LogP contribution >= 0.6 is 0 Å². The van der Waals surface area contributed by atoms with E-state index in [9.17, 15) is 27.9 Å². The Labute approximate surface area is 227 Å². The van der Waals surface area contributed by atoms with Crippen LogP contribution < -0.4 is 25.1 Å². The number of hydrogen-bond acceptors (Lipinski definition) is 6. The van der Waals surface area contributed by atoms with Gasteiger partial charge in [-0.15, -0.1) is 0 Å². The highest BCUT2D eigenvalue weighted by molar-refractivity contribution is 6.08. The molecule has 0 bridgehead atoms. The van der Waals surface area contributed by atoms with Crippen molar-refractivity contribution in [3.8, 4) is 34.3 Å². The molecule has 0 saturated heterocycles. The van der Waals surface area contributed by atoms with Crippen LogP contribution in [-0.2, 0) is 12.7 Å². The van der Waals surface area contributed by atoms with Crippen LogP contribution in [0.25, 0.3) is 11.1 Å². The van der Waals surface area contributed by atoms with Gasteiger partial charge >= 0.3 is 6.18 Å². The molecule has 208 valence electrons. The molecule has 3 aromatic carbocycles. The molecule has 1 heterocycles. The number of ether oxygens (including phenoxy) is 3. The highest BCUT2D eigenvalue weighted by Gasteiger charge is 2.30. The number of carbonyl (C=O) groups is 1. The first kappa shape index (κ1) is 28.1. The second-order valence-corrected chi connectivity index (χ2v) is 8.58. The smallest absolute Gasteiger partial charge is 0.416 e. The summed E-state index contributed by atoms with van der Waals surface area (Å²) in [6.45, 7) is -0.0228. The van der Waals surface area contributed by atoms with Crippen molar-refractivity contribution in [2.75, 3.05) is 26.6 Å². The Morgan fingerprint density at radius 1 is 0.900 bits per heavy atom. The van der Waals surface area contributed by atoms with Crippen LogP contribution in [0.1, 0.15) is 21.5 Å². The van der Waals surface area contributed by atoms with Crippen molar-refractivity contribution in [3.05, 3.63) is 99.8 Å². The second-order valence-electron chi connectivity index (χ2n) is 8.58. The van der Waals surface area contributed by atoms with Crippen LogP contribution in [0.5, 0.6) is 23.1 Å². The van der Waals surface area contributed by atoms with Crippen molar-refractivity contribution >= 4 is 11.6 Å². The number of nitrogens with zero attached hydrogens (tertiary/aromatic N) is 1. The topological polar surface area (TPSA) is 99.0 Å². The zero-order chi connectivity index (χ0) is 29.0. The summed E-state index contributed by atoms with van der Waals surface area (Å²) in [5, 5.41) is 13.5. The minimum absolute atomic E-state index is 0.0228. The van der Waals surface area contributed by atoms with Crippen molar-refractivity contribution in [3.63, 3.8) is 0 Å². The Bertz CT molecular complexity index is 1580. The number of hydrogen-bond donors (Lipinski definition) is 2. The number of nitrogens with one attached hydrogen (secondary N) is 1. The van der Waals surface area contributed by atoms with Gasteiger partial charge in [-0.1, -0.05) is 42.5 Å². The van der Waals surface area contributed by atoms with Crippen molar-refractivity contribution in [1.29, 1.82) is 0 Å². The van der Waals surface area contributed by atoms with Gasteiger partial charge in [0.1, 0.15) is 5.75 Å². The van der Waals surface area contributed by atoms with Gasteiger partial charge in [-0.2, -0.15) is 13.2 Å². The first-order valence-electron chi connectivity index (χ1n) is 11.9. The maximum Gasteiger partial charge on any atom is 0.416 e. The van der Waals surface area contributed by atoms with E-state index in [-0.39, 0.29) is 23.9 Å². The monoisotopic (exact) mass is 554 g/mol. The Morgan fingerprint density at radius 2 is 1.55 bits per heavy atom. The van der Waals surface area contributed by atoms with E-state index < -0.39 is 34.5 Å². The lowest BCUT2D eigenvalue weighted by Crippen LogP contribution is -2.31. The average Bonchev–Trinajstić information content (AvgIpc) is 2.94. The molecule has 0 radical (unpaired) electrons. The van der Waals surface area contributed by atoms with Crippen LogP contribution in [0.15, 0.2) is 77.6 Å². The molecule has 0 unspecified atom stereocenters. The number of aromatic hydroxyl groups is 1. The molecular weight excluding hydrogens is 529 g/mol. The maximum absolute atomic E-state index is 13.6. The Morgan fingerprint density at radius 3 is 2.12 bits per heavy atom. The zero-order valence-corrected chi connectivity index (χ0v) is 21.7. The number of aromatic nitrogens is 1. The van der Waals surface area contributed by atoms with Gasteiger partial charge in [-0.25, -0.2) is 0 Å². The van der Waals surface area contributed by atoms with Gasteiger partial charge < -0.3 is 24.6 Å². The number of pyridine rings is 1. The van der Waals surface area contributed by atoms with E-state index in [1.54, 1.807) is 42.5 Å². The molecule has 40 heavy (non-hydrogen) atoms. The third-order valence-electron chi connectivity index (χ3n) is 6.17. The molecule has 0 atom stereocenters. The molecule has 0 fully saturated rings. The summed E-state index contributed by atoms with van der Waals surface area (Å²) in [6, 6.07) is 17.7. The highest BCUT2D eigenvalue weighted by Crippen LogP contribution is 2.38. The van der Waals surface area contributed by atoms with Gasteiger partial charge in [-0.3, -0.25) is 14.2 Å². The van der Waals surface area contributed by atoms with E-state index in [2.05, 4.69) is 5.32 Å². The minimum Gasteiger partial charge on any atom is -0.503 e. The third-order valence-corrected chi connectivity index (χ3v) is 6.17. The molecule has 0 saturated carbocycles. The van der Waals surface area contributed by atoms with E-state index in [4.69, 9.17) is 14.2 Å². The molecule has 1 aromatic heterocycles. The molecule has 0 aliphatic heterocycles. The number of methoxy groups -OCH3 is 3. The van der Waals surface area contributed by atoms with Crippen LogP contribution in [-0.4, -0.2) is 36.9 Å². The number of amides is 1. The number of halogens is 3. The summed E-state index contributed by atoms with van der Waals surface area (Å²) in [6.07, 6.45) is -4.50. The standard InChI is InChI=1S/C29H25F3N2O6/c1-38-20-14-8-17(9-15-20)16-34-27(37)23(24(35)25(39-2)28(34)40-3)26(36)33-22-7-5-4-6-21(22)18-10-12-19(13-11-18)29(30,31)32/h4-15,35H,16H2,1-3H3,(H,33,36). The van der Waals surface area contributed by atoms with E-state index in [0.29, 0.717) is 22.4 Å². The van der Waals surface area contributed by atoms with Crippen LogP contribution in [0.2, 0.25) is 0 Å². The first-order valence-corrected chi connectivity index (χ1v) is 11.9. The van der Waals surface area contributed by atoms with Crippen molar-refractivity contribution in [1.82, 2.24) is 4.57 Å². The van der Waals surface area contributed by atoms with Gasteiger partial charge in [0.15, 0.2) is 11.3 Å². The number of alkyl halides is 3. The summed E-state index contributed by atoms with van der Waals surface area (Å²) < 4.78 is 56.0. The number of rotatable bonds is 8. The van der Waals surface area contributed by atoms with E-state index >= 15 is 0 Å². The van der Waals surface area contributed by atoms with E-state index in [1.165, 1.54) is 39.5 Å². The number of anilines is 1. The van der Waals surface area contributed by atoms with E-state index in [1.807, 2.05) is 0 Å². The van der Waals surface area contributed by atoms with Crippen LogP contribution in [0.3, 0.4) is 0 Å². The lowest BCUT2D eigenvalue weighted by atomic mass is 10.0. The third kappa shape index (κ3) is 5.58. The quantitative estimate of drug-likeness (QED) is 0.296. The molecule has 11 heteroatoms. The fourth-order valence-corrected chi connectivity index (χ4v) is 4.18. The molecule has 1 amide bonds. The molecule has 0 aliphatic rings. The van der Waals surface area contributed by atoms with Gasteiger partial charge in [0, 0.05) is 11.3 Å². The Balaban J connectivity index is 1.75. The molecule has 0 aliphatic carbocycles. The Hall–Kier alpha value is -4.93. The molecular formula is C29H25F3N2O6. The first-order chi connectivity index (χ1) is 19.1. The van der Waals surface area contributed by atoms with E-state index in [0.717, 1.165) is 16.7 Å². The lowest BCUT2D eigenvalue weighted by molar-refractivity contribution is -0.137. The number of para-hydroxylation sites is 1. The molecule has 4 aromatic rings. The maximum atomic E-state index is 13.6. The Kier molecular flexibility index (Phi) is 8.03. The number of benzene rings is 3. The second kappa shape index (κ2) is 11.4. The summed E-state index contributed by atoms with van der Waals surface area (Å²) in [7, 11) is 4.07. The van der Waals surface area contributed by atoms with Crippen LogP contribution in [0.4, 0.5) is 18.9 Å². The molecule has 8 nitrogen and oxygen atoms in total. The fraction of sp³-hybridized carbons (Fsp3) is 0.172. The summed E-state index contributed by atoms with van der Waals surface area (Å²) in [5.74, 6) is -1.39. The fourth-order valence-electron chi connectivity index (χ4n) is 4.18. The average molecular weight is 555 g/mol. The SMILES string of the molecule is COc1ccc(Cn2c(OC)c(OC)c(O)c(C(=O)Nc3ccccc3-c3ccc(C(F)(F)F)cc3)c2=O)cc1. The lowest BCUT2D eigenvalue weighted by Gasteiger charge is -2.19. The summed E-state index contributed by atoms with van der Waals surface area (Å²) >= 11 is 0. The van der Waals surface area contributed by atoms with Gasteiger partial charge in [-0.05, 0) is 41.5 Å². The summed E-state index contributed by atoms with van der Waals surface area (Å²) in [5.41, 5.74) is -0.578. The summed E-state index contributed by atoms with van der Waals surface area (Å²) in [4.78, 5) is 27.0. The van der Waals surface area contributed by atoms with Gasteiger partial charge in [0.25, 0.3) is 11.5 Å². The normalized spacial score (nSPS) is 11.2. The van der Waals surface area contributed by atoms with Gasteiger partial charge in [0.2, 0.25) is 11.6 Å². The predicted octanol–water partition coefficient (Wildman–Crippen LogP) is 5.57. The molecule has 4 rings (SSSR count). The minimum atomic E-state index is -4.50.